The van der Waals surface area contributed by atoms with Gasteiger partial charge in [-0.25, -0.2) is 4.98 Å². The van der Waals surface area contributed by atoms with Gasteiger partial charge < -0.3 is 10.5 Å². The number of rotatable bonds is 5. The third kappa shape index (κ3) is 2.17. The fourth-order valence-electron chi connectivity index (χ4n) is 6.07. The van der Waals surface area contributed by atoms with Crippen molar-refractivity contribution in [3.63, 3.8) is 0 Å². The van der Waals surface area contributed by atoms with E-state index in [9.17, 15) is 13.2 Å². The van der Waals surface area contributed by atoms with Crippen LogP contribution in [0, 0.1) is 17.8 Å². The first-order valence-electron chi connectivity index (χ1n) is 10.6. The van der Waals surface area contributed by atoms with Crippen LogP contribution in [0.25, 0.3) is 11.3 Å². The fraction of sp³-hybridized carbons (Fsp3) is 0.619. The maximum atomic E-state index is 13.3. The van der Waals surface area contributed by atoms with E-state index in [1.165, 1.54) is 24.7 Å². The summed E-state index contributed by atoms with van der Waals surface area (Å²) < 4.78 is 47.4. The fourth-order valence-corrected chi connectivity index (χ4v) is 6.07. The number of aromatic nitrogens is 3. The summed E-state index contributed by atoms with van der Waals surface area (Å²) in [6.07, 6.45) is -0.732. The Balaban J connectivity index is 1.26. The van der Waals surface area contributed by atoms with E-state index in [1.807, 2.05) is 6.07 Å². The molecule has 6 aliphatic rings. The second-order valence-electron chi connectivity index (χ2n) is 9.59. The Labute approximate surface area is 171 Å². The Morgan fingerprint density at radius 1 is 1.23 bits per heavy atom. The topological polar surface area (TPSA) is 69.2 Å². The molecule has 3 aliphatic carbocycles. The van der Waals surface area contributed by atoms with E-state index >= 15 is 0 Å². The molecule has 6 fully saturated rings. The van der Waals surface area contributed by atoms with Crippen LogP contribution < -0.4 is 5.73 Å². The van der Waals surface area contributed by atoms with Crippen LogP contribution in [0.3, 0.4) is 0 Å². The summed E-state index contributed by atoms with van der Waals surface area (Å²) in [5.41, 5.74) is 6.88. The molecule has 3 saturated heterocycles. The van der Waals surface area contributed by atoms with Gasteiger partial charge in [0.05, 0.1) is 30.5 Å². The minimum atomic E-state index is -4.53. The predicted octanol–water partition coefficient (Wildman–Crippen LogP) is 2.54. The van der Waals surface area contributed by atoms with E-state index in [2.05, 4.69) is 14.6 Å². The average molecular weight is 417 g/mol. The number of nitrogens with two attached hydrogens (primary N) is 1. The van der Waals surface area contributed by atoms with Crippen LogP contribution in [0.15, 0.2) is 18.3 Å². The highest BCUT2D eigenvalue weighted by atomic mass is 19.4. The Kier molecular flexibility index (Phi) is 3.14. The van der Waals surface area contributed by atoms with Gasteiger partial charge in [-0.1, -0.05) is 0 Å². The number of ether oxygens (including phenoxy) is 1. The van der Waals surface area contributed by atoms with Gasteiger partial charge in [0.25, 0.3) is 0 Å². The molecule has 2 aromatic heterocycles. The van der Waals surface area contributed by atoms with Crippen LogP contribution in [0.1, 0.15) is 24.1 Å². The normalized spacial score (nSPS) is 34.7. The average Bonchev–Trinajstić information content (AvgIpc) is 3.57. The molecule has 2 unspecified atom stereocenters. The molecule has 0 amide bonds. The molecule has 0 spiro atoms. The number of piperidine rings is 1. The van der Waals surface area contributed by atoms with Crippen LogP contribution in [-0.2, 0) is 22.9 Å². The number of fused-ring (bicyclic) bond motifs is 1. The zero-order valence-electron chi connectivity index (χ0n) is 16.3. The molecule has 0 aromatic carbocycles. The number of pyridine rings is 1. The minimum absolute atomic E-state index is 0.157. The van der Waals surface area contributed by atoms with Gasteiger partial charge in [0.2, 0.25) is 0 Å². The summed E-state index contributed by atoms with van der Waals surface area (Å²) >= 11 is 0. The highest BCUT2D eigenvalue weighted by molar-refractivity contribution is 5.65. The molecule has 0 radical (unpaired) electrons. The number of hydrogen-bond donors (Lipinski definition) is 1. The van der Waals surface area contributed by atoms with Crippen LogP contribution in [-0.4, -0.2) is 51.5 Å². The van der Waals surface area contributed by atoms with Gasteiger partial charge in [0, 0.05) is 42.0 Å². The van der Waals surface area contributed by atoms with Gasteiger partial charge in [-0.3, -0.25) is 9.58 Å². The van der Waals surface area contributed by atoms with Crippen LogP contribution in [0.5, 0.6) is 0 Å². The smallest absolute Gasteiger partial charge is 0.383 e. The Hall–Kier alpha value is -2.13. The number of anilines is 1. The molecule has 3 aliphatic heterocycles. The molecular formula is C21H22F3N5O. The highest BCUT2D eigenvalue weighted by Gasteiger charge is 2.93. The third-order valence-corrected chi connectivity index (χ3v) is 7.94. The molecule has 8 rings (SSSR count). The van der Waals surface area contributed by atoms with E-state index < -0.39 is 17.6 Å². The van der Waals surface area contributed by atoms with Crippen LogP contribution in [0.2, 0.25) is 0 Å². The quantitative estimate of drug-likeness (QED) is 0.810. The van der Waals surface area contributed by atoms with Gasteiger partial charge in [-0.15, -0.1) is 0 Å². The van der Waals surface area contributed by atoms with Gasteiger partial charge in [-0.05, 0) is 42.7 Å². The number of nitrogens with zero attached hydrogens (tertiary/aromatic N) is 4. The molecule has 2 aromatic rings. The highest BCUT2D eigenvalue weighted by Crippen LogP contribution is 2.86. The summed E-state index contributed by atoms with van der Waals surface area (Å²) in [6, 6.07) is 4.18. The standard InChI is InChI=1S/C21H22F3N5O/c22-21(23,24)13-3-11(5-26-19(13)25)15-4-16(29(27-15)6-10-1-2-10)20-14-7-28(12-8-30-9-12)18(20)17(14)20/h3-5,10,12,14,17-18H,1-2,6-9H2,(H2,25,26)/t14-,17-,18?,20?/m1/s1. The Morgan fingerprint density at radius 2 is 2.03 bits per heavy atom. The predicted molar refractivity (Wildman–Crippen MR) is 101 cm³/mol. The lowest BCUT2D eigenvalue weighted by Gasteiger charge is -2.34. The lowest BCUT2D eigenvalue weighted by molar-refractivity contribution is -0.137. The van der Waals surface area contributed by atoms with Crippen molar-refractivity contribution in [3.8, 4) is 11.3 Å². The molecule has 6 nitrogen and oxygen atoms in total. The Morgan fingerprint density at radius 3 is 2.67 bits per heavy atom. The lowest BCUT2D eigenvalue weighted by atomic mass is 10.0. The zero-order chi connectivity index (χ0) is 20.4. The largest absolute Gasteiger partial charge is 0.419 e. The van der Waals surface area contributed by atoms with E-state index in [1.54, 1.807) is 0 Å². The second kappa shape index (κ2) is 5.37. The summed E-state index contributed by atoms with van der Waals surface area (Å²) in [5, 5.41) is 4.77. The molecule has 9 heteroatoms. The van der Waals surface area contributed by atoms with E-state index in [0.717, 1.165) is 32.4 Å². The van der Waals surface area contributed by atoms with Crippen LogP contribution >= 0.6 is 0 Å². The second-order valence-corrected chi connectivity index (χ2v) is 9.59. The van der Waals surface area contributed by atoms with Gasteiger partial charge >= 0.3 is 6.18 Å². The first-order valence-corrected chi connectivity index (χ1v) is 10.6. The van der Waals surface area contributed by atoms with Crippen molar-refractivity contribution in [1.82, 2.24) is 19.7 Å². The Bertz CT molecular complexity index is 1050. The molecule has 4 atom stereocenters. The van der Waals surface area contributed by atoms with Gasteiger partial charge in [0.15, 0.2) is 0 Å². The van der Waals surface area contributed by atoms with Crippen molar-refractivity contribution < 1.29 is 17.9 Å². The first-order chi connectivity index (χ1) is 14.4. The van der Waals surface area contributed by atoms with Crippen LogP contribution in [0.4, 0.5) is 19.0 Å². The number of halogens is 3. The summed E-state index contributed by atoms with van der Waals surface area (Å²) in [6.45, 7) is 3.59. The maximum absolute atomic E-state index is 13.3. The minimum Gasteiger partial charge on any atom is -0.383 e. The van der Waals surface area contributed by atoms with E-state index in [-0.39, 0.29) is 5.41 Å². The molecule has 2 N–H and O–H groups in total. The number of nitrogen functional groups attached to an aromatic ring is 1. The summed E-state index contributed by atoms with van der Waals surface area (Å²) in [7, 11) is 0. The SMILES string of the molecule is Nc1ncc(-c2cc(C34C5[C@H]3[C@H]4CN5C3COC3)n(CC3CC3)n2)cc1C(F)(F)F. The molecule has 5 heterocycles. The van der Waals surface area contributed by atoms with Crippen molar-refractivity contribution in [2.75, 3.05) is 25.5 Å². The monoisotopic (exact) mass is 417 g/mol. The van der Waals surface area contributed by atoms with E-state index in [4.69, 9.17) is 15.6 Å². The van der Waals surface area contributed by atoms with Crippen molar-refractivity contribution >= 4 is 5.82 Å². The number of hydrogen-bond acceptors (Lipinski definition) is 5. The summed E-state index contributed by atoms with van der Waals surface area (Å²) in [4.78, 5) is 6.40. The zero-order valence-corrected chi connectivity index (χ0v) is 16.3. The van der Waals surface area contributed by atoms with Crippen molar-refractivity contribution in [3.05, 3.63) is 29.6 Å². The van der Waals surface area contributed by atoms with Crippen molar-refractivity contribution in [2.24, 2.45) is 17.8 Å². The number of alkyl halides is 3. The van der Waals surface area contributed by atoms with Crippen molar-refractivity contribution in [2.45, 2.75) is 43.1 Å². The van der Waals surface area contributed by atoms with Gasteiger partial charge in [-0.2, -0.15) is 18.3 Å². The molecule has 2 bridgehead atoms. The van der Waals surface area contributed by atoms with Gasteiger partial charge in [0.1, 0.15) is 5.82 Å². The molecule has 158 valence electrons. The van der Waals surface area contributed by atoms with E-state index in [0.29, 0.717) is 41.1 Å². The molecule has 30 heavy (non-hydrogen) atoms. The third-order valence-electron chi connectivity index (χ3n) is 7.94. The first kappa shape index (κ1) is 17.5. The molecular weight excluding hydrogens is 395 g/mol. The lowest BCUT2D eigenvalue weighted by Crippen LogP contribution is -2.48. The molecule has 3 saturated carbocycles. The maximum Gasteiger partial charge on any atom is 0.419 e. The summed E-state index contributed by atoms with van der Waals surface area (Å²) in [5.74, 6) is 1.47. The van der Waals surface area contributed by atoms with Crippen molar-refractivity contribution in [1.29, 1.82) is 0 Å².